The molecule has 0 aliphatic carbocycles. The minimum Gasteiger partial charge on any atom is -0.496 e. The first-order valence-corrected chi connectivity index (χ1v) is 7.69. The van der Waals surface area contributed by atoms with Crippen molar-refractivity contribution in [3.05, 3.63) is 64.7 Å². The van der Waals surface area contributed by atoms with Gasteiger partial charge in [-0.05, 0) is 44.0 Å². The SMILES string of the molecule is COc1ccccc1CNCCC(O)c1cc(C)ccc1C. The van der Waals surface area contributed by atoms with Gasteiger partial charge in [-0.25, -0.2) is 0 Å². The number of aryl methyl sites for hydroxylation is 2. The Bertz CT molecular complexity index is 610. The molecule has 0 saturated heterocycles. The molecule has 2 N–H and O–H groups in total. The van der Waals surface area contributed by atoms with Crippen LogP contribution in [0, 0.1) is 13.8 Å². The number of benzene rings is 2. The Balaban J connectivity index is 1.84. The zero-order valence-corrected chi connectivity index (χ0v) is 13.6. The van der Waals surface area contributed by atoms with Crippen molar-refractivity contribution >= 4 is 0 Å². The Kier molecular flexibility index (Phi) is 5.99. The highest BCUT2D eigenvalue weighted by molar-refractivity contribution is 5.33. The van der Waals surface area contributed by atoms with E-state index in [1.807, 2.05) is 31.2 Å². The summed E-state index contributed by atoms with van der Waals surface area (Å²) in [5.41, 5.74) is 4.48. The minimum atomic E-state index is -0.426. The van der Waals surface area contributed by atoms with Gasteiger partial charge in [0.25, 0.3) is 0 Å². The van der Waals surface area contributed by atoms with Gasteiger partial charge in [0.1, 0.15) is 5.75 Å². The molecule has 0 bridgehead atoms. The number of hydrogen-bond donors (Lipinski definition) is 2. The molecule has 0 fully saturated rings. The summed E-state index contributed by atoms with van der Waals surface area (Å²) in [5.74, 6) is 0.894. The van der Waals surface area contributed by atoms with Gasteiger partial charge in [0.2, 0.25) is 0 Å². The van der Waals surface area contributed by atoms with Crippen LogP contribution in [0.25, 0.3) is 0 Å². The van der Waals surface area contributed by atoms with Gasteiger partial charge in [0.15, 0.2) is 0 Å². The molecular weight excluding hydrogens is 274 g/mol. The fourth-order valence-corrected chi connectivity index (χ4v) is 2.59. The predicted octanol–water partition coefficient (Wildman–Crippen LogP) is 3.53. The second-order valence-electron chi connectivity index (χ2n) is 5.65. The number of rotatable bonds is 7. The van der Waals surface area contributed by atoms with Gasteiger partial charge < -0.3 is 15.2 Å². The normalized spacial score (nSPS) is 12.2. The van der Waals surface area contributed by atoms with Crippen LogP contribution in [-0.2, 0) is 6.54 Å². The molecule has 0 spiro atoms. The predicted molar refractivity (Wildman–Crippen MR) is 90.2 cm³/mol. The van der Waals surface area contributed by atoms with Gasteiger partial charge in [0.05, 0.1) is 13.2 Å². The summed E-state index contributed by atoms with van der Waals surface area (Å²) in [6.07, 6.45) is 0.268. The van der Waals surface area contributed by atoms with Crippen molar-refractivity contribution in [3.8, 4) is 5.75 Å². The van der Waals surface area contributed by atoms with E-state index in [-0.39, 0.29) is 0 Å². The number of methoxy groups -OCH3 is 1. The zero-order valence-electron chi connectivity index (χ0n) is 13.6. The van der Waals surface area contributed by atoms with E-state index in [9.17, 15) is 5.11 Å². The van der Waals surface area contributed by atoms with E-state index >= 15 is 0 Å². The van der Waals surface area contributed by atoms with Crippen LogP contribution in [-0.4, -0.2) is 18.8 Å². The van der Waals surface area contributed by atoms with Gasteiger partial charge in [0, 0.05) is 12.1 Å². The number of hydrogen-bond acceptors (Lipinski definition) is 3. The lowest BCUT2D eigenvalue weighted by Gasteiger charge is -2.15. The molecule has 3 heteroatoms. The Morgan fingerprint density at radius 1 is 1.14 bits per heavy atom. The number of para-hydroxylation sites is 1. The van der Waals surface area contributed by atoms with Crippen LogP contribution in [0.5, 0.6) is 5.75 Å². The molecule has 0 amide bonds. The van der Waals surface area contributed by atoms with Crippen LogP contribution in [0.1, 0.15) is 34.8 Å². The zero-order chi connectivity index (χ0) is 15.9. The number of ether oxygens (including phenoxy) is 1. The maximum atomic E-state index is 10.4. The molecular formula is C19H25NO2. The number of aliphatic hydroxyl groups excluding tert-OH is 1. The maximum absolute atomic E-state index is 10.4. The van der Waals surface area contributed by atoms with E-state index in [4.69, 9.17) is 4.74 Å². The fourth-order valence-electron chi connectivity index (χ4n) is 2.59. The Labute approximate surface area is 133 Å². The third-order valence-electron chi connectivity index (χ3n) is 3.90. The van der Waals surface area contributed by atoms with Gasteiger partial charge in [-0.3, -0.25) is 0 Å². The van der Waals surface area contributed by atoms with Crippen molar-refractivity contribution in [1.29, 1.82) is 0 Å². The fraction of sp³-hybridized carbons (Fsp3) is 0.368. The van der Waals surface area contributed by atoms with Crippen molar-refractivity contribution in [3.63, 3.8) is 0 Å². The molecule has 0 aliphatic rings. The highest BCUT2D eigenvalue weighted by Gasteiger charge is 2.10. The lowest BCUT2D eigenvalue weighted by Crippen LogP contribution is -2.18. The molecule has 0 aliphatic heterocycles. The first kappa shape index (κ1) is 16.5. The summed E-state index contributed by atoms with van der Waals surface area (Å²) in [6, 6.07) is 14.2. The van der Waals surface area contributed by atoms with Crippen molar-refractivity contribution in [1.82, 2.24) is 5.32 Å². The van der Waals surface area contributed by atoms with Crippen LogP contribution in [0.3, 0.4) is 0 Å². The monoisotopic (exact) mass is 299 g/mol. The summed E-state index contributed by atoms with van der Waals surface area (Å²) >= 11 is 0. The third kappa shape index (κ3) is 4.33. The molecule has 1 atom stereocenters. The average Bonchev–Trinajstić information content (AvgIpc) is 2.54. The van der Waals surface area contributed by atoms with E-state index < -0.39 is 6.10 Å². The highest BCUT2D eigenvalue weighted by Crippen LogP contribution is 2.22. The Hall–Kier alpha value is -1.84. The molecule has 2 aromatic carbocycles. The molecule has 2 aromatic rings. The van der Waals surface area contributed by atoms with E-state index in [1.165, 1.54) is 5.56 Å². The first-order valence-electron chi connectivity index (χ1n) is 7.69. The first-order chi connectivity index (χ1) is 10.6. The third-order valence-corrected chi connectivity index (χ3v) is 3.90. The van der Waals surface area contributed by atoms with Crippen molar-refractivity contribution in [2.24, 2.45) is 0 Å². The second-order valence-corrected chi connectivity index (χ2v) is 5.65. The van der Waals surface area contributed by atoms with Crippen molar-refractivity contribution in [2.75, 3.05) is 13.7 Å². The largest absolute Gasteiger partial charge is 0.496 e. The molecule has 0 aromatic heterocycles. The summed E-state index contributed by atoms with van der Waals surface area (Å²) in [5, 5.41) is 13.7. The minimum absolute atomic E-state index is 0.426. The molecule has 3 nitrogen and oxygen atoms in total. The molecule has 0 heterocycles. The standard InChI is InChI=1S/C19H25NO2/c1-14-8-9-15(2)17(12-14)18(21)10-11-20-13-16-6-4-5-7-19(16)22-3/h4-9,12,18,20-21H,10-11,13H2,1-3H3. The second kappa shape index (κ2) is 7.97. The molecule has 22 heavy (non-hydrogen) atoms. The quantitative estimate of drug-likeness (QED) is 0.769. The van der Waals surface area contributed by atoms with Gasteiger partial charge in [-0.15, -0.1) is 0 Å². The summed E-state index contributed by atoms with van der Waals surface area (Å²) in [6.45, 7) is 5.59. The molecule has 1 unspecified atom stereocenters. The average molecular weight is 299 g/mol. The van der Waals surface area contributed by atoms with Gasteiger partial charge in [-0.1, -0.05) is 42.0 Å². The number of aliphatic hydroxyl groups is 1. The molecule has 0 radical (unpaired) electrons. The van der Waals surface area contributed by atoms with Crippen LogP contribution in [0.15, 0.2) is 42.5 Å². The van der Waals surface area contributed by atoms with Gasteiger partial charge in [-0.2, -0.15) is 0 Å². The van der Waals surface area contributed by atoms with E-state index in [2.05, 4.69) is 30.4 Å². The van der Waals surface area contributed by atoms with Crippen LogP contribution in [0.4, 0.5) is 0 Å². The Morgan fingerprint density at radius 3 is 2.68 bits per heavy atom. The summed E-state index contributed by atoms with van der Waals surface area (Å²) in [4.78, 5) is 0. The smallest absolute Gasteiger partial charge is 0.123 e. The van der Waals surface area contributed by atoms with E-state index in [0.717, 1.165) is 35.5 Å². The molecule has 0 saturated carbocycles. The van der Waals surface area contributed by atoms with Crippen LogP contribution < -0.4 is 10.1 Å². The topological polar surface area (TPSA) is 41.5 Å². The maximum Gasteiger partial charge on any atom is 0.123 e. The van der Waals surface area contributed by atoms with Crippen LogP contribution >= 0.6 is 0 Å². The lowest BCUT2D eigenvalue weighted by atomic mass is 9.99. The van der Waals surface area contributed by atoms with Crippen molar-refractivity contribution < 1.29 is 9.84 Å². The highest BCUT2D eigenvalue weighted by atomic mass is 16.5. The van der Waals surface area contributed by atoms with E-state index in [1.54, 1.807) is 7.11 Å². The molecule has 118 valence electrons. The number of nitrogens with one attached hydrogen (secondary N) is 1. The van der Waals surface area contributed by atoms with Crippen molar-refractivity contribution in [2.45, 2.75) is 32.9 Å². The van der Waals surface area contributed by atoms with Gasteiger partial charge >= 0.3 is 0 Å². The van der Waals surface area contributed by atoms with E-state index in [0.29, 0.717) is 6.42 Å². The lowest BCUT2D eigenvalue weighted by molar-refractivity contribution is 0.166. The summed E-state index contributed by atoms with van der Waals surface area (Å²) < 4.78 is 5.33. The summed E-state index contributed by atoms with van der Waals surface area (Å²) in [7, 11) is 1.68. The van der Waals surface area contributed by atoms with Crippen LogP contribution in [0.2, 0.25) is 0 Å². The Morgan fingerprint density at radius 2 is 1.91 bits per heavy atom. The molecule has 2 rings (SSSR count).